The Morgan fingerprint density at radius 1 is 1.15 bits per heavy atom. The fraction of sp³-hybridized carbons (Fsp3) is 0.765. The smallest absolute Gasteiger partial charge is 0.221 e. The van der Waals surface area contributed by atoms with Crippen LogP contribution in [0, 0.1) is 17.8 Å². The van der Waals surface area contributed by atoms with Crippen LogP contribution in [0.5, 0.6) is 0 Å². The average Bonchev–Trinajstić information content (AvgIpc) is 2.42. The van der Waals surface area contributed by atoms with Gasteiger partial charge in [0.2, 0.25) is 5.91 Å². The van der Waals surface area contributed by atoms with Gasteiger partial charge in [-0.05, 0) is 19.3 Å². The van der Waals surface area contributed by atoms with E-state index in [0.717, 1.165) is 6.42 Å². The molecule has 0 aliphatic heterocycles. The van der Waals surface area contributed by atoms with Crippen LogP contribution >= 0.6 is 0 Å². The van der Waals surface area contributed by atoms with Crippen LogP contribution in [-0.2, 0) is 9.59 Å². The van der Waals surface area contributed by atoms with Crippen LogP contribution in [0.25, 0.3) is 0 Å². The Balaban J connectivity index is 4.11. The van der Waals surface area contributed by atoms with Gasteiger partial charge in [-0.1, -0.05) is 52.4 Å². The Morgan fingerprint density at radius 3 is 2.40 bits per heavy atom. The van der Waals surface area contributed by atoms with Gasteiger partial charge in [-0.3, -0.25) is 9.59 Å². The fourth-order valence-electron chi connectivity index (χ4n) is 1.86. The van der Waals surface area contributed by atoms with Crippen molar-refractivity contribution < 1.29 is 9.59 Å². The first-order valence-electron chi connectivity index (χ1n) is 7.79. The monoisotopic (exact) mass is 279 g/mol. The van der Waals surface area contributed by atoms with Crippen LogP contribution in [0.1, 0.15) is 72.6 Å². The Labute approximate surface area is 123 Å². The van der Waals surface area contributed by atoms with Crippen molar-refractivity contribution in [2.45, 2.75) is 78.7 Å². The average molecular weight is 279 g/mol. The van der Waals surface area contributed by atoms with E-state index in [4.69, 9.17) is 0 Å². The van der Waals surface area contributed by atoms with E-state index < -0.39 is 6.04 Å². The Hall–Kier alpha value is -1.30. The third kappa shape index (κ3) is 9.61. The second-order valence-corrected chi connectivity index (χ2v) is 5.44. The largest absolute Gasteiger partial charge is 0.336 e. The highest BCUT2D eigenvalue weighted by Gasteiger charge is 2.12. The maximum atomic E-state index is 11.4. The second-order valence-electron chi connectivity index (χ2n) is 5.44. The summed E-state index contributed by atoms with van der Waals surface area (Å²) in [6.07, 6.45) is 7.44. The molecule has 0 bridgehead atoms. The maximum Gasteiger partial charge on any atom is 0.221 e. The minimum atomic E-state index is -0.644. The summed E-state index contributed by atoms with van der Waals surface area (Å²) in [5.41, 5.74) is 0. The summed E-state index contributed by atoms with van der Waals surface area (Å²) in [5.74, 6) is 6.25. The van der Waals surface area contributed by atoms with Gasteiger partial charge in [-0.15, -0.1) is 5.92 Å². The molecule has 20 heavy (non-hydrogen) atoms. The van der Waals surface area contributed by atoms with Crippen molar-refractivity contribution in [3.63, 3.8) is 0 Å². The van der Waals surface area contributed by atoms with Crippen molar-refractivity contribution in [1.82, 2.24) is 5.32 Å². The highest BCUT2D eigenvalue weighted by atomic mass is 16.2. The molecule has 0 aliphatic rings. The van der Waals surface area contributed by atoms with E-state index in [9.17, 15) is 9.59 Å². The summed E-state index contributed by atoms with van der Waals surface area (Å²) >= 11 is 0. The number of hydrogen-bond acceptors (Lipinski definition) is 2. The standard InChI is InChI=1S/C17H29NO2/c1-5-7-8-9-11-14(3)12-10-13-16(15(4)19)18-17(20)6-2/h14,16H,5-9,11-12H2,1-4H3,(H,18,20). The van der Waals surface area contributed by atoms with E-state index in [0.29, 0.717) is 12.3 Å². The van der Waals surface area contributed by atoms with Crippen molar-refractivity contribution >= 4 is 11.7 Å². The first-order valence-corrected chi connectivity index (χ1v) is 7.79. The number of nitrogens with one attached hydrogen (secondary N) is 1. The molecule has 0 aromatic rings. The van der Waals surface area contributed by atoms with Crippen LogP contribution < -0.4 is 5.32 Å². The normalized spacial score (nSPS) is 13.0. The lowest BCUT2D eigenvalue weighted by atomic mass is 9.99. The Kier molecular flexibility index (Phi) is 10.8. The van der Waals surface area contributed by atoms with Gasteiger partial charge in [0.05, 0.1) is 0 Å². The molecule has 0 aromatic heterocycles. The lowest BCUT2D eigenvalue weighted by molar-refractivity contribution is -0.125. The minimum Gasteiger partial charge on any atom is -0.336 e. The minimum absolute atomic E-state index is 0.102. The number of ketones is 1. The van der Waals surface area contributed by atoms with Crippen LogP contribution in [0.2, 0.25) is 0 Å². The molecular formula is C17H29NO2. The zero-order chi connectivity index (χ0) is 15.4. The Bertz CT molecular complexity index is 352. The molecule has 2 atom stereocenters. The molecule has 0 spiro atoms. The highest BCUT2D eigenvalue weighted by molar-refractivity contribution is 5.89. The molecule has 3 nitrogen and oxygen atoms in total. The summed E-state index contributed by atoms with van der Waals surface area (Å²) in [6.45, 7) is 7.62. The molecule has 3 heteroatoms. The molecule has 0 aromatic carbocycles. The molecule has 1 amide bonds. The number of carbonyl (C=O) groups is 2. The van der Waals surface area contributed by atoms with Crippen molar-refractivity contribution in [2.24, 2.45) is 5.92 Å². The first kappa shape index (κ1) is 18.7. The highest BCUT2D eigenvalue weighted by Crippen LogP contribution is 2.12. The van der Waals surface area contributed by atoms with Gasteiger partial charge in [0.15, 0.2) is 5.78 Å². The van der Waals surface area contributed by atoms with Crippen LogP contribution in [0.4, 0.5) is 0 Å². The maximum absolute atomic E-state index is 11.4. The number of rotatable bonds is 9. The topological polar surface area (TPSA) is 46.2 Å². The molecule has 2 unspecified atom stereocenters. The molecule has 0 heterocycles. The zero-order valence-electron chi connectivity index (χ0n) is 13.4. The molecule has 0 saturated heterocycles. The first-order chi connectivity index (χ1) is 9.51. The van der Waals surface area contributed by atoms with E-state index >= 15 is 0 Å². The van der Waals surface area contributed by atoms with Gasteiger partial charge in [-0.25, -0.2) is 0 Å². The SMILES string of the molecule is CCCCCCC(C)CC#CC(NC(=O)CC)C(C)=O. The van der Waals surface area contributed by atoms with Crippen molar-refractivity contribution in [3.8, 4) is 11.8 Å². The summed E-state index contributed by atoms with van der Waals surface area (Å²) in [6, 6.07) is -0.644. The fourth-order valence-corrected chi connectivity index (χ4v) is 1.86. The predicted molar refractivity (Wildman–Crippen MR) is 83.2 cm³/mol. The molecule has 114 valence electrons. The van der Waals surface area contributed by atoms with Crippen molar-refractivity contribution in [2.75, 3.05) is 0 Å². The van der Waals surface area contributed by atoms with Crippen LogP contribution in [0.15, 0.2) is 0 Å². The number of Topliss-reactive ketones (excluding diaryl/α,β-unsaturated/α-hetero) is 1. The van der Waals surface area contributed by atoms with E-state index in [1.54, 1.807) is 6.92 Å². The third-order valence-corrected chi connectivity index (χ3v) is 3.28. The lowest BCUT2D eigenvalue weighted by Gasteiger charge is -2.09. The molecule has 0 radical (unpaired) electrons. The van der Waals surface area contributed by atoms with Crippen LogP contribution in [0.3, 0.4) is 0 Å². The van der Waals surface area contributed by atoms with E-state index in [2.05, 4.69) is 31.0 Å². The molecule has 0 rings (SSSR count). The van der Waals surface area contributed by atoms with Gasteiger partial charge < -0.3 is 5.32 Å². The number of carbonyl (C=O) groups excluding carboxylic acids is 2. The van der Waals surface area contributed by atoms with E-state index in [1.807, 2.05) is 0 Å². The summed E-state index contributed by atoms with van der Waals surface area (Å²) < 4.78 is 0. The summed E-state index contributed by atoms with van der Waals surface area (Å²) in [7, 11) is 0. The van der Waals surface area contributed by atoms with E-state index in [1.165, 1.54) is 39.0 Å². The lowest BCUT2D eigenvalue weighted by Crippen LogP contribution is -2.38. The van der Waals surface area contributed by atoms with Gasteiger partial charge in [0, 0.05) is 12.8 Å². The molecule has 0 aliphatic carbocycles. The van der Waals surface area contributed by atoms with E-state index in [-0.39, 0.29) is 11.7 Å². The van der Waals surface area contributed by atoms with Gasteiger partial charge in [0.1, 0.15) is 6.04 Å². The molecule has 0 fully saturated rings. The molecular weight excluding hydrogens is 250 g/mol. The third-order valence-electron chi connectivity index (χ3n) is 3.28. The molecule has 0 saturated carbocycles. The number of hydrogen-bond donors (Lipinski definition) is 1. The van der Waals surface area contributed by atoms with Gasteiger partial charge >= 0.3 is 0 Å². The number of unbranched alkanes of at least 4 members (excludes halogenated alkanes) is 3. The van der Waals surface area contributed by atoms with Gasteiger partial charge in [0.25, 0.3) is 0 Å². The second kappa shape index (κ2) is 11.5. The summed E-state index contributed by atoms with van der Waals surface area (Å²) in [4.78, 5) is 22.7. The number of amides is 1. The molecule has 1 N–H and O–H groups in total. The zero-order valence-corrected chi connectivity index (χ0v) is 13.4. The predicted octanol–water partition coefficient (Wildman–Crippen LogP) is 3.47. The van der Waals surface area contributed by atoms with Crippen molar-refractivity contribution in [1.29, 1.82) is 0 Å². The Morgan fingerprint density at radius 2 is 1.85 bits per heavy atom. The van der Waals surface area contributed by atoms with Crippen LogP contribution in [-0.4, -0.2) is 17.7 Å². The van der Waals surface area contributed by atoms with Gasteiger partial charge in [-0.2, -0.15) is 0 Å². The summed E-state index contributed by atoms with van der Waals surface area (Å²) in [5, 5.41) is 2.64. The quantitative estimate of drug-likeness (QED) is 0.519. The van der Waals surface area contributed by atoms with Crippen molar-refractivity contribution in [3.05, 3.63) is 0 Å².